The van der Waals surface area contributed by atoms with Crippen LogP contribution in [0.5, 0.6) is 0 Å². The van der Waals surface area contributed by atoms with Crippen molar-refractivity contribution >= 4 is 0 Å². The van der Waals surface area contributed by atoms with Crippen molar-refractivity contribution in [2.24, 2.45) is 11.8 Å². The van der Waals surface area contributed by atoms with E-state index in [1.807, 2.05) is 0 Å². The Hall–Kier alpha value is -0.820. The standard InChI is InChI=1S/C17H29N/c1-11(2)16(10-18-7)9-17-14(5)12(3)8-13(4)15(17)6/h8,11,16,18H,9-10H2,1-7H3. The minimum atomic E-state index is 0.716. The second kappa shape index (κ2) is 6.38. The molecule has 1 unspecified atom stereocenters. The molecule has 0 saturated heterocycles. The lowest BCUT2D eigenvalue weighted by atomic mass is 9.83. The summed E-state index contributed by atoms with van der Waals surface area (Å²) in [7, 11) is 2.05. The lowest BCUT2D eigenvalue weighted by molar-refractivity contribution is 0.369. The van der Waals surface area contributed by atoms with Crippen LogP contribution in [0, 0.1) is 39.5 Å². The molecule has 102 valence electrons. The van der Waals surface area contributed by atoms with Crippen LogP contribution in [0.2, 0.25) is 0 Å². The number of rotatable bonds is 5. The molecule has 1 nitrogen and oxygen atoms in total. The predicted octanol–water partition coefficient (Wildman–Crippen LogP) is 3.95. The molecule has 0 saturated carbocycles. The van der Waals surface area contributed by atoms with Crippen LogP contribution in [0.1, 0.15) is 41.7 Å². The van der Waals surface area contributed by atoms with Gasteiger partial charge >= 0.3 is 0 Å². The van der Waals surface area contributed by atoms with Crippen molar-refractivity contribution < 1.29 is 0 Å². The molecule has 1 N–H and O–H groups in total. The van der Waals surface area contributed by atoms with E-state index in [9.17, 15) is 0 Å². The van der Waals surface area contributed by atoms with Crippen molar-refractivity contribution in [3.05, 3.63) is 33.9 Å². The molecule has 1 rings (SSSR count). The van der Waals surface area contributed by atoms with Crippen molar-refractivity contribution in [3.8, 4) is 0 Å². The van der Waals surface area contributed by atoms with Crippen LogP contribution in [0.4, 0.5) is 0 Å². The summed E-state index contributed by atoms with van der Waals surface area (Å²) in [6.07, 6.45) is 1.19. The van der Waals surface area contributed by atoms with Crippen molar-refractivity contribution in [1.29, 1.82) is 0 Å². The highest BCUT2D eigenvalue weighted by atomic mass is 14.8. The Balaban J connectivity index is 3.09. The van der Waals surface area contributed by atoms with Gasteiger partial charge in [0.15, 0.2) is 0 Å². The number of aryl methyl sites for hydroxylation is 2. The van der Waals surface area contributed by atoms with E-state index in [0.717, 1.165) is 12.5 Å². The van der Waals surface area contributed by atoms with Gasteiger partial charge in [-0.3, -0.25) is 0 Å². The Bertz CT molecular complexity index is 378. The topological polar surface area (TPSA) is 12.0 Å². The first-order valence-electron chi connectivity index (χ1n) is 7.09. The van der Waals surface area contributed by atoms with Gasteiger partial charge in [-0.15, -0.1) is 0 Å². The summed E-state index contributed by atoms with van der Waals surface area (Å²) >= 11 is 0. The normalized spacial score (nSPS) is 13.1. The van der Waals surface area contributed by atoms with Gasteiger partial charge in [-0.25, -0.2) is 0 Å². The summed E-state index contributed by atoms with van der Waals surface area (Å²) in [5.41, 5.74) is 7.40. The quantitative estimate of drug-likeness (QED) is 0.830. The molecule has 0 spiro atoms. The molecule has 0 radical (unpaired) electrons. The van der Waals surface area contributed by atoms with E-state index in [2.05, 4.69) is 60.0 Å². The number of nitrogens with one attached hydrogen (secondary N) is 1. The van der Waals surface area contributed by atoms with Crippen LogP contribution < -0.4 is 5.32 Å². The second-order valence-electron chi connectivity index (χ2n) is 6.00. The van der Waals surface area contributed by atoms with Crippen LogP contribution in [-0.4, -0.2) is 13.6 Å². The third-order valence-corrected chi connectivity index (χ3v) is 4.40. The highest BCUT2D eigenvalue weighted by Crippen LogP contribution is 2.26. The van der Waals surface area contributed by atoms with E-state index >= 15 is 0 Å². The third-order valence-electron chi connectivity index (χ3n) is 4.40. The summed E-state index contributed by atoms with van der Waals surface area (Å²) in [6.45, 7) is 14.8. The Morgan fingerprint density at radius 2 is 1.50 bits per heavy atom. The van der Waals surface area contributed by atoms with Crippen LogP contribution in [-0.2, 0) is 6.42 Å². The number of benzene rings is 1. The molecule has 0 bridgehead atoms. The maximum atomic E-state index is 3.34. The maximum Gasteiger partial charge on any atom is -0.00179 e. The van der Waals surface area contributed by atoms with Gasteiger partial charge in [-0.1, -0.05) is 19.9 Å². The van der Waals surface area contributed by atoms with Gasteiger partial charge < -0.3 is 5.32 Å². The van der Waals surface area contributed by atoms with E-state index in [0.29, 0.717) is 5.92 Å². The minimum absolute atomic E-state index is 0.716. The predicted molar refractivity (Wildman–Crippen MR) is 81.3 cm³/mol. The molecule has 18 heavy (non-hydrogen) atoms. The van der Waals surface area contributed by atoms with Gasteiger partial charge in [0, 0.05) is 0 Å². The van der Waals surface area contributed by atoms with E-state index < -0.39 is 0 Å². The molecule has 1 aromatic carbocycles. The first-order valence-corrected chi connectivity index (χ1v) is 7.09. The third kappa shape index (κ3) is 3.35. The van der Waals surface area contributed by atoms with Crippen molar-refractivity contribution in [2.75, 3.05) is 13.6 Å². The zero-order chi connectivity index (χ0) is 13.9. The fourth-order valence-electron chi connectivity index (χ4n) is 2.67. The molecule has 1 atom stereocenters. The molecule has 0 aliphatic rings. The lowest BCUT2D eigenvalue weighted by Crippen LogP contribution is -2.25. The monoisotopic (exact) mass is 247 g/mol. The van der Waals surface area contributed by atoms with Gasteiger partial charge in [0.25, 0.3) is 0 Å². The SMILES string of the molecule is CNCC(Cc1c(C)c(C)cc(C)c1C)C(C)C. The minimum Gasteiger partial charge on any atom is -0.319 e. The Labute approximate surface area is 113 Å². The van der Waals surface area contributed by atoms with Gasteiger partial charge in [0.05, 0.1) is 0 Å². The van der Waals surface area contributed by atoms with Crippen molar-refractivity contribution in [3.63, 3.8) is 0 Å². The molecule has 0 fully saturated rings. The summed E-state index contributed by atoms with van der Waals surface area (Å²) < 4.78 is 0. The van der Waals surface area contributed by atoms with Gasteiger partial charge in [0.2, 0.25) is 0 Å². The average molecular weight is 247 g/mol. The first kappa shape index (κ1) is 15.2. The fraction of sp³-hybridized carbons (Fsp3) is 0.647. The van der Waals surface area contributed by atoms with Crippen molar-refractivity contribution in [1.82, 2.24) is 5.32 Å². The van der Waals surface area contributed by atoms with E-state index in [-0.39, 0.29) is 0 Å². The molecule has 0 aromatic heterocycles. The fourth-order valence-corrected chi connectivity index (χ4v) is 2.67. The highest BCUT2D eigenvalue weighted by molar-refractivity contribution is 5.44. The summed E-state index contributed by atoms with van der Waals surface area (Å²) in [6, 6.07) is 2.32. The zero-order valence-corrected chi connectivity index (χ0v) is 13.1. The molecule has 1 aromatic rings. The van der Waals surface area contributed by atoms with E-state index in [1.54, 1.807) is 5.56 Å². The van der Waals surface area contributed by atoms with Crippen molar-refractivity contribution in [2.45, 2.75) is 48.0 Å². The van der Waals surface area contributed by atoms with Gasteiger partial charge in [0.1, 0.15) is 0 Å². The Morgan fingerprint density at radius 1 is 1.00 bits per heavy atom. The maximum absolute atomic E-state index is 3.34. The molecule has 0 aliphatic carbocycles. The van der Waals surface area contributed by atoms with Crippen LogP contribution in [0.3, 0.4) is 0 Å². The molecular formula is C17H29N. The molecule has 0 heterocycles. The van der Waals surface area contributed by atoms with Crippen LogP contribution in [0.25, 0.3) is 0 Å². The van der Waals surface area contributed by atoms with Gasteiger partial charge in [-0.2, -0.15) is 0 Å². The Kier molecular flexibility index (Phi) is 5.40. The molecule has 0 aliphatic heterocycles. The van der Waals surface area contributed by atoms with Gasteiger partial charge in [-0.05, 0) is 87.4 Å². The lowest BCUT2D eigenvalue weighted by Gasteiger charge is -2.24. The van der Waals surface area contributed by atoms with Crippen LogP contribution in [0.15, 0.2) is 6.07 Å². The van der Waals surface area contributed by atoms with E-state index in [1.165, 1.54) is 28.7 Å². The summed E-state index contributed by atoms with van der Waals surface area (Å²) in [4.78, 5) is 0. The summed E-state index contributed by atoms with van der Waals surface area (Å²) in [5, 5.41) is 3.34. The first-order chi connectivity index (χ1) is 8.38. The van der Waals surface area contributed by atoms with E-state index in [4.69, 9.17) is 0 Å². The summed E-state index contributed by atoms with van der Waals surface area (Å²) in [5.74, 6) is 1.44. The van der Waals surface area contributed by atoms with Crippen LogP contribution >= 0.6 is 0 Å². The zero-order valence-electron chi connectivity index (χ0n) is 13.1. The average Bonchev–Trinajstić information content (AvgIpc) is 2.30. The smallest absolute Gasteiger partial charge is 0.00179 e. The largest absolute Gasteiger partial charge is 0.319 e. The number of hydrogen-bond donors (Lipinski definition) is 1. The Morgan fingerprint density at radius 3 is 1.89 bits per heavy atom. The second-order valence-corrected chi connectivity index (χ2v) is 6.00. The molecule has 1 heteroatoms. The number of hydrogen-bond acceptors (Lipinski definition) is 1. The molecular weight excluding hydrogens is 218 g/mol. The highest BCUT2D eigenvalue weighted by Gasteiger charge is 2.17. The molecule has 0 amide bonds.